The van der Waals surface area contributed by atoms with Gasteiger partial charge in [0.25, 0.3) is 0 Å². The average Bonchev–Trinajstić information content (AvgIpc) is 3.61. The third kappa shape index (κ3) is 5.38. The topological polar surface area (TPSA) is 79.4 Å². The zero-order valence-corrected chi connectivity index (χ0v) is 20.1. The standard InChI is InChI=1S/C29H31N3O3/c1-2-34-29(33)15-24-7-3-4-9-28(24)35-19-22-13-25(23-8-5-6-21(12-23)16-30)26-17-31-32(27(26)14-22)18-20-10-11-20/h3-9,12-14,17,20H,2,10-11,15-16,18-19,30H2,1H3. The SMILES string of the molecule is CCOC(=O)Cc1ccccc1OCc1cc(-c2cccc(CN)c2)c2cnn(CC3CC3)c2c1. The normalized spacial score (nSPS) is 13.2. The second-order valence-electron chi connectivity index (χ2n) is 9.13. The maximum atomic E-state index is 12.0. The van der Waals surface area contributed by atoms with Gasteiger partial charge in [0.2, 0.25) is 0 Å². The first-order chi connectivity index (χ1) is 17.1. The van der Waals surface area contributed by atoms with E-state index in [9.17, 15) is 4.79 Å². The predicted octanol–water partition coefficient (Wildman–Crippen LogP) is 5.26. The number of rotatable bonds is 10. The van der Waals surface area contributed by atoms with E-state index in [0.717, 1.165) is 51.2 Å². The molecular formula is C29H31N3O3. The summed E-state index contributed by atoms with van der Waals surface area (Å²) >= 11 is 0. The highest BCUT2D eigenvalue weighted by molar-refractivity contribution is 5.95. The number of hydrogen-bond acceptors (Lipinski definition) is 5. The summed E-state index contributed by atoms with van der Waals surface area (Å²) in [5.41, 5.74) is 12.2. The summed E-state index contributed by atoms with van der Waals surface area (Å²) in [5.74, 6) is 1.16. The Labute approximate surface area is 205 Å². The molecule has 1 heterocycles. The Morgan fingerprint density at radius 2 is 1.94 bits per heavy atom. The van der Waals surface area contributed by atoms with Crippen LogP contribution in [-0.2, 0) is 35.6 Å². The van der Waals surface area contributed by atoms with Gasteiger partial charge in [-0.1, -0.05) is 36.4 Å². The quantitative estimate of drug-likeness (QED) is 0.321. The number of esters is 1. The maximum absolute atomic E-state index is 12.0. The van der Waals surface area contributed by atoms with Crippen molar-refractivity contribution in [2.45, 2.75) is 45.9 Å². The number of carbonyl (C=O) groups excluding carboxylic acids is 1. The number of nitrogens with zero attached hydrogens (tertiary/aromatic N) is 2. The summed E-state index contributed by atoms with van der Waals surface area (Å²) in [4.78, 5) is 12.0. The highest BCUT2D eigenvalue weighted by atomic mass is 16.5. The maximum Gasteiger partial charge on any atom is 0.310 e. The molecule has 1 aliphatic rings. The highest BCUT2D eigenvalue weighted by Crippen LogP contribution is 2.35. The van der Waals surface area contributed by atoms with E-state index >= 15 is 0 Å². The molecule has 0 amide bonds. The molecule has 0 unspecified atom stereocenters. The van der Waals surface area contributed by atoms with E-state index in [1.807, 2.05) is 49.5 Å². The first-order valence-electron chi connectivity index (χ1n) is 12.3. The van der Waals surface area contributed by atoms with Crippen molar-refractivity contribution in [2.75, 3.05) is 6.61 Å². The number of aromatic nitrogens is 2. The van der Waals surface area contributed by atoms with Crippen LogP contribution in [0.1, 0.15) is 36.5 Å². The van der Waals surface area contributed by atoms with Crippen molar-refractivity contribution in [2.24, 2.45) is 11.7 Å². The Balaban J connectivity index is 1.48. The molecule has 0 aliphatic heterocycles. The molecule has 0 saturated heterocycles. The Hall–Kier alpha value is -3.64. The van der Waals surface area contributed by atoms with E-state index in [4.69, 9.17) is 20.3 Å². The summed E-state index contributed by atoms with van der Waals surface area (Å²) in [6, 6.07) is 20.3. The van der Waals surface area contributed by atoms with Crippen LogP contribution < -0.4 is 10.5 Å². The Kier molecular flexibility index (Phi) is 6.82. The van der Waals surface area contributed by atoms with Crippen LogP contribution in [0.25, 0.3) is 22.0 Å². The second-order valence-corrected chi connectivity index (χ2v) is 9.13. The minimum Gasteiger partial charge on any atom is -0.489 e. The van der Waals surface area contributed by atoms with Crippen molar-refractivity contribution >= 4 is 16.9 Å². The molecule has 6 heteroatoms. The Morgan fingerprint density at radius 3 is 2.74 bits per heavy atom. The van der Waals surface area contributed by atoms with Crippen LogP contribution in [0.2, 0.25) is 0 Å². The summed E-state index contributed by atoms with van der Waals surface area (Å²) in [7, 11) is 0. The van der Waals surface area contributed by atoms with E-state index in [1.54, 1.807) is 0 Å². The largest absolute Gasteiger partial charge is 0.489 e. The van der Waals surface area contributed by atoms with Crippen LogP contribution in [-0.4, -0.2) is 22.4 Å². The second kappa shape index (κ2) is 10.3. The lowest BCUT2D eigenvalue weighted by Gasteiger charge is -2.14. The summed E-state index contributed by atoms with van der Waals surface area (Å²) in [5, 5.41) is 5.86. The molecule has 5 rings (SSSR count). The van der Waals surface area contributed by atoms with Crippen molar-refractivity contribution in [3.05, 3.63) is 83.6 Å². The van der Waals surface area contributed by atoms with Crippen molar-refractivity contribution in [3.63, 3.8) is 0 Å². The zero-order valence-electron chi connectivity index (χ0n) is 20.1. The van der Waals surface area contributed by atoms with E-state index in [0.29, 0.717) is 25.5 Å². The number of carbonyl (C=O) groups is 1. The van der Waals surface area contributed by atoms with E-state index in [1.165, 1.54) is 12.8 Å². The lowest BCUT2D eigenvalue weighted by molar-refractivity contribution is -0.142. The molecule has 180 valence electrons. The van der Waals surface area contributed by atoms with Crippen LogP contribution >= 0.6 is 0 Å². The first-order valence-corrected chi connectivity index (χ1v) is 12.3. The van der Waals surface area contributed by atoms with Crippen LogP contribution in [0.5, 0.6) is 5.75 Å². The molecule has 4 aromatic rings. The van der Waals surface area contributed by atoms with Crippen LogP contribution in [0.3, 0.4) is 0 Å². The lowest BCUT2D eigenvalue weighted by Crippen LogP contribution is -2.09. The van der Waals surface area contributed by atoms with Gasteiger partial charge in [0.1, 0.15) is 12.4 Å². The Bertz CT molecular complexity index is 1340. The minimum absolute atomic E-state index is 0.189. The number of ether oxygens (including phenoxy) is 2. The molecule has 6 nitrogen and oxygen atoms in total. The number of nitrogens with two attached hydrogens (primary N) is 1. The van der Waals surface area contributed by atoms with Crippen LogP contribution in [0.15, 0.2) is 66.9 Å². The van der Waals surface area contributed by atoms with E-state index in [2.05, 4.69) is 28.9 Å². The van der Waals surface area contributed by atoms with Gasteiger partial charge in [0.15, 0.2) is 0 Å². The molecule has 0 spiro atoms. The van der Waals surface area contributed by atoms with E-state index in [-0.39, 0.29) is 12.4 Å². The van der Waals surface area contributed by atoms with Crippen LogP contribution in [0.4, 0.5) is 0 Å². The fourth-order valence-corrected chi connectivity index (χ4v) is 4.43. The van der Waals surface area contributed by atoms with Gasteiger partial charge in [0, 0.05) is 24.0 Å². The number of hydrogen-bond donors (Lipinski definition) is 1. The molecule has 0 atom stereocenters. The molecule has 1 saturated carbocycles. The lowest BCUT2D eigenvalue weighted by atomic mass is 9.97. The van der Waals surface area contributed by atoms with Crippen molar-refractivity contribution in [1.29, 1.82) is 0 Å². The molecular weight excluding hydrogens is 438 g/mol. The van der Waals surface area contributed by atoms with Crippen molar-refractivity contribution in [3.8, 4) is 16.9 Å². The smallest absolute Gasteiger partial charge is 0.310 e. The van der Waals surface area contributed by atoms with Gasteiger partial charge in [0.05, 0.1) is 24.7 Å². The number of benzene rings is 3. The van der Waals surface area contributed by atoms with Crippen molar-refractivity contribution in [1.82, 2.24) is 9.78 Å². The molecule has 1 fully saturated rings. The predicted molar refractivity (Wildman–Crippen MR) is 137 cm³/mol. The summed E-state index contributed by atoms with van der Waals surface area (Å²) in [6.45, 7) is 4.00. The van der Waals surface area contributed by atoms with Gasteiger partial charge in [-0.25, -0.2) is 0 Å². The molecule has 1 aromatic heterocycles. The number of para-hydroxylation sites is 1. The molecule has 1 aliphatic carbocycles. The van der Waals surface area contributed by atoms with Gasteiger partial charge in [-0.2, -0.15) is 5.10 Å². The molecule has 3 aromatic carbocycles. The molecule has 2 N–H and O–H groups in total. The summed E-state index contributed by atoms with van der Waals surface area (Å²) < 4.78 is 13.5. The summed E-state index contributed by atoms with van der Waals surface area (Å²) in [6.07, 6.45) is 4.70. The molecule has 0 radical (unpaired) electrons. The van der Waals surface area contributed by atoms with E-state index < -0.39 is 0 Å². The fourth-order valence-electron chi connectivity index (χ4n) is 4.43. The zero-order chi connectivity index (χ0) is 24.2. The van der Waals surface area contributed by atoms with Crippen molar-refractivity contribution < 1.29 is 14.3 Å². The highest BCUT2D eigenvalue weighted by Gasteiger charge is 2.23. The van der Waals surface area contributed by atoms with Gasteiger partial charge in [-0.15, -0.1) is 0 Å². The van der Waals surface area contributed by atoms with Crippen LogP contribution in [0, 0.1) is 5.92 Å². The average molecular weight is 470 g/mol. The van der Waals surface area contributed by atoms with Gasteiger partial charge in [-0.05, 0) is 72.2 Å². The minimum atomic E-state index is -0.254. The molecule has 35 heavy (non-hydrogen) atoms. The Morgan fingerprint density at radius 1 is 1.09 bits per heavy atom. The van der Waals surface area contributed by atoms with Gasteiger partial charge < -0.3 is 15.2 Å². The third-order valence-electron chi connectivity index (χ3n) is 6.43. The monoisotopic (exact) mass is 469 g/mol. The van der Waals surface area contributed by atoms with Gasteiger partial charge >= 0.3 is 5.97 Å². The van der Waals surface area contributed by atoms with Gasteiger partial charge in [-0.3, -0.25) is 9.48 Å². The first kappa shape index (κ1) is 23.1. The number of fused-ring (bicyclic) bond motifs is 1. The molecule has 0 bridgehead atoms. The third-order valence-corrected chi connectivity index (χ3v) is 6.43. The fraction of sp³-hybridized carbons (Fsp3) is 0.310.